The smallest absolute Gasteiger partial charge is 0.317 e. The molecular formula is C24H24F2N2O6. The summed E-state index contributed by atoms with van der Waals surface area (Å²) >= 11 is 0. The number of anilines is 1. The molecule has 1 saturated carbocycles. The predicted octanol–water partition coefficient (Wildman–Crippen LogP) is 2.85. The van der Waals surface area contributed by atoms with Crippen molar-refractivity contribution in [2.24, 2.45) is 0 Å². The van der Waals surface area contributed by atoms with Gasteiger partial charge in [0.05, 0.1) is 12.0 Å². The molecule has 4 rings (SSSR count). The maximum Gasteiger partial charge on any atom is 0.317 e. The van der Waals surface area contributed by atoms with Crippen LogP contribution in [0.3, 0.4) is 0 Å². The van der Waals surface area contributed by atoms with Crippen molar-refractivity contribution in [2.45, 2.75) is 31.1 Å². The summed E-state index contributed by atoms with van der Waals surface area (Å²) in [5, 5.41) is 4.67. The Morgan fingerprint density at radius 2 is 1.65 bits per heavy atom. The van der Waals surface area contributed by atoms with Crippen molar-refractivity contribution in [3.8, 4) is 11.5 Å². The molecule has 34 heavy (non-hydrogen) atoms. The zero-order chi connectivity index (χ0) is 24.1. The van der Waals surface area contributed by atoms with Gasteiger partial charge in [-0.3, -0.25) is 14.4 Å². The molecule has 0 saturated heterocycles. The van der Waals surface area contributed by atoms with E-state index in [1.807, 2.05) is 6.07 Å². The fourth-order valence-electron chi connectivity index (χ4n) is 4.21. The fourth-order valence-corrected chi connectivity index (χ4v) is 4.21. The number of ether oxygens (including phenoxy) is 3. The molecule has 0 aromatic heterocycles. The largest absolute Gasteiger partial charge is 0.486 e. The molecule has 2 aliphatic rings. The van der Waals surface area contributed by atoms with Crippen LogP contribution in [-0.4, -0.2) is 44.1 Å². The molecule has 2 aromatic rings. The number of hydrogen-bond donors (Lipinski definition) is 2. The van der Waals surface area contributed by atoms with Crippen LogP contribution in [0.1, 0.15) is 31.2 Å². The summed E-state index contributed by atoms with van der Waals surface area (Å²) in [7, 11) is 0. The van der Waals surface area contributed by atoms with Gasteiger partial charge in [0.1, 0.15) is 13.2 Å². The van der Waals surface area contributed by atoms with Gasteiger partial charge >= 0.3 is 5.97 Å². The van der Waals surface area contributed by atoms with Gasteiger partial charge in [0.25, 0.3) is 5.91 Å². The average molecular weight is 474 g/mol. The Bertz CT molecular complexity index is 1100. The monoisotopic (exact) mass is 474 g/mol. The van der Waals surface area contributed by atoms with Crippen LogP contribution in [0.2, 0.25) is 0 Å². The molecule has 1 aliphatic carbocycles. The highest BCUT2D eigenvalue weighted by Gasteiger charge is 2.45. The molecule has 1 aliphatic heterocycles. The normalized spacial score (nSPS) is 15.9. The number of carbonyl (C=O) groups excluding carboxylic acids is 3. The van der Waals surface area contributed by atoms with Crippen LogP contribution in [0, 0.1) is 11.6 Å². The maximum absolute atomic E-state index is 13.2. The third kappa shape index (κ3) is 5.11. The van der Waals surface area contributed by atoms with Crippen molar-refractivity contribution in [3.05, 3.63) is 53.6 Å². The number of nitrogens with one attached hydrogen (secondary N) is 2. The minimum absolute atomic E-state index is 0.0483. The Kier molecular flexibility index (Phi) is 6.95. The lowest BCUT2D eigenvalue weighted by molar-refractivity contribution is -0.154. The first-order valence-corrected chi connectivity index (χ1v) is 11.0. The van der Waals surface area contributed by atoms with E-state index in [0.717, 1.165) is 30.5 Å². The van der Waals surface area contributed by atoms with Crippen molar-refractivity contribution in [2.75, 3.05) is 31.7 Å². The van der Waals surface area contributed by atoms with Crippen LogP contribution >= 0.6 is 0 Å². The molecule has 2 aromatic carbocycles. The van der Waals surface area contributed by atoms with Gasteiger partial charge in [-0.1, -0.05) is 18.9 Å². The van der Waals surface area contributed by atoms with E-state index in [1.54, 1.807) is 12.1 Å². The van der Waals surface area contributed by atoms with E-state index in [4.69, 9.17) is 14.2 Å². The van der Waals surface area contributed by atoms with Crippen LogP contribution in [-0.2, 0) is 24.5 Å². The molecule has 0 spiro atoms. The van der Waals surface area contributed by atoms with E-state index >= 15 is 0 Å². The van der Waals surface area contributed by atoms with Crippen molar-refractivity contribution in [1.82, 2.24) is 5.32 Å². The lowest BCUT2D eigenvalue weighted by Gasteiger charge is -2.28. The molecule has 1 fully saturated rings. The maximum atomic E-state index is 13.2. The highest BCUT2D eigenvalue weighted by molar-refractivity contribution is 5.95. The lowest BCUT2D eigenvalue weighted by Crippen LogP contribution is -2.39. The van der Waals surface area contributed by atoms with Crippen LogP contribution in [0.25, 0.3) is 0 Å². The highest BCUT2D eigenvalue weighted by atomic mass is 19.2. The third-order valence-corrected chi connectivity index (χ3v) is 5.93. The first-order chi connectivity index (χ1) is 16.4. The van der Waals surface area contributed by atoms with Crippen molar-refractivity contribution in [1.29, 1.82) is 0 Å². The SMILES string of the molecule is O=C(COC(=O)C1(c2ccc3c(c2)OCCO3)CCCC1)NCC(=O)Nc1ccc(F)c(F)c1. The summed E-state index contributed by atoms with van der Waals surface area (Å²) in [4.78, 5) is 37.1. The van der Waals surface area contributed by atoms with Crippen molar-refractivity contribution < 1.29 is 37.4 Å². The molecule has 180 valence electrons. The number of rotatable bonds is 7. The quantitative estimate of drug-likeness (QED) is 0.599. The molecule has 2 amide bonds. The van der Waals surface area contributed by atoms with Gasteiger partial charge < -0.3 is 24.8 Å². The standard InChI is InChI=1S/C24H24F2N2O6/c25-17-5-4-16(12-18(17)26)28-21(29)13-27-22(30)14-34-23(31)24(7-1-2-8-24)15-3-6-19-20(11-15)33-10-9-32-19/h3-6,11-12H,1-2,7-10,13-14H2,(H,27,30)(H,28,29). The van der Waals surface area contributed by atoms with E-state index in [-0.39, 0.29) is 5.69 Å². The van der Waals surface area contributed by atoms with E-state index in [1.165, 1.54) is 6.07 Å². The van der Waals surface area contributed by atoms with Gasteiger partial charge in [-0.25, -0.2) is 8.78 Å². The van der Waals surface area contributed by atoms with Crippen molar-refractivity contribution >= 4 is 23.5 Å². The number of amides is 2. The van der Waals surface area contributed by atoms with E-state index in [0.29, 0.717) is 37.6 Å². The Morgan fingerprint density at radius 1 is 0.912 bits per heavy atom. The number of benzene rings is 2. The number of carbonyl (C=O) groups is 3. The van der Waals surface area contributed by atoms with Gasteiger partial charge in [-0.05, 0) is 42.7 Å². The second kappa shape index (κ2) is 10.1. The Morgan fingerprint density at radius 3 is 2.38 bits per heavy atom. The average Bonchev–Trinajstić information content (AvgIpc) is 3.34. The zero-order valence-corrected chi connectivity index (χ0v) is 18.3. The summed E-state index contributed by atoms with van der Waals surface area (Å²) in [6, 6.07) is 8.29. The topological polar surface area (TPSA) is 103 Å². The van der Waals surface area contributed by atoms with Crippen LogP contribution in [0.15, 0.2) is 36.4 Å². The molecular weight excluding hydrogens is 450 g/mol. The Balaban J connectivity index is 1.31. The molecule has 8 nitrogen and oxygen atoms in total. The van der Waals surface area contributed by atoms with Gasteiger partial charge in [-0.15, -0.1) is 0 Å². The number of halogens is 2. The van der Waals surface area contributed by atoms with E-state index < -0.39 is 48.0 Å². The third-order valence-electron chi connectivity index (χ3n) is 5.93. The number of hydrogen-bond acceptors (Lipinski definition) is 6. The zero-order valence-electron chi connectivity index (χ0n) is 18.3. The van der Waals surface area contributed by atoms with E-state index in [2.05, 4.69) is 10.6 Å². The van der Waals surface area contributed by atoms with Crippen LogP contribution in [0.4, 0.5) is 14.5 Å². The molecule has 1 heterocycles. The minimum atomic E-state index is -1.10. The fraction of sp³-hybridized carbons (Fsp3) is 0.375. The van der Waals surface area contributed by atoms with Gasteiger partial charge in [0.15, 0.2) is 29.7 Å². The molecule has 2 N–H and O–H groups in total. The van der Waals surface area contributed by atoms with Crippen molar-refractivity contribution in [3.63, 3.8) is 0 Å². The summed E-state index contributed by atoms with van der Waals surface area (Å²) in [6.07, 6.45) is 2.87. The summed E-state index contributed by atoms with van der Waals surface area (Å²) in [5.41, 5.74) is -0.0714. The first-order valence-electron chi connectivity index (χ1n) is 11.0. The number of fused-ring (bicyclic) bond motifs is 1. The first kappa shape index (κ1) is 23.5. The molecule has 0 unspecified atom stereocenters. The van der Waals surface area contributed by atoms with E-state index in [9.17, 15) is 23.2 Å². The second-order valence-electron chi connectivity index (χ2n) is 8.18. The summed E-state index contributed by atoms with van der Waals surface area (Å²) in [6.45, 7) is -0.0858. The molecule has 0 atom stereocenters. The van der Waals surface area contributed by atoms with Gasteiger partial charge in [-0.2, -0.15) is 0 Å². The Hall–Kier alpha value is -3.69. The summed E-state index contributed by atoms with van der Waals surface area (Å²) in [5.74, 6) is -2.76. The Labute approximate surface area is 194 Å². The predicted molar refractivity (Wildman–Crippen MR) is 117 cm³/mol. The lowest BCUT2D eigenvalue weighted by atomic mass is 9.78. The number of esters is 1. The van der Waals surface area contributed by atoms with Crippen LogP contribution < -0.4 is 20.1 Å². The van der Waals surface area contributed by atoms with Gasteiger partial charge in [0, 0.05) is 11.8 Å². The van der Waals surface area contributed by atoms with Gasteiger partial charge in [0.2, 0.25) is 5.91 Å². The molecule has 0 bridgehead atoms. The molecule has 10 heteroatoms. The van der Waals surface area contributed by atoms with Crippen LogP contribution in [0.5, 0.6) is 11.5 Å². The minimum Gasteiger partial charge on any atom is -0.486 e. The summed E-state index contributed by atoms with van der Waals surface area (Å²) < 4.78 is 42.7. The second-order valence-corrected chi connectivity index (χ2v) is 8.18. The highest BCUT2D eigenvalue weighted by Crippen LogP contribution is 2.45. The molecule has 0 radical (unpaired) electrons.